The molecule has 0 spiro atoms. The maximum Gasteiger partial charge on any atom is 0.283 e. The molecule has 2 amide bonds. The number of fused-ring (bicyclic) bond motifs is 2. The number of sulfonamides is 1. The second-order valence-corrected chi connectivity index (χ2v) is 12.6. The fourth-order valence-electron chi connectivity index (χ4n) is 4.88. The molecule has 0 saturated carbocycles. The molecule has 38 heavy (non-hydrogen) atoms. The maximum atomic E-state index is 13.6. The number of nitrogen functional groups attached to an aromatic ring is 1. The van der Waals surface area contributed by atoms with Crippen molar-refractivity contribution in [2.24, 2.45) is 5.73 Å². The van der Waals surface area contributed by atoms with Gasteiger partial charge in [-0.05, 0) is 31.2 Å². The van der Waals surface area contributed by atoms with Crippen LogP contribution in [0.15, 0.2) is 29.3 Å². The van der Waals surface area contributed by atoms with Crippen LogP contribution >= 0.6 is 11.3 Å². The highest BCUT2D eigenvalue weighted by atomic mass is 32.2. The number of aromatic nitrogens is 2. The number of hydrogen-bond donors (Lipinski definition) is 5. The summed E-state index contributed by atoms with van der Waals surface area (Å²) in [6.45, 7) is 2.91. The van der Waals surface area contributed by atoms with Crippen LogP contribution < -0.4 is 16.4 Å². The van der Waals surface area contributed by atoms with Crippen molar-refractivity contribution in [1.82, 2.24) is 29.8 Å². The minimum absolute atomic E-state index is 0.000824. The third-order valence-corrected chi connectivity index (χ3v) is 9.88. The number of H-pyrrole nitrogens is 1. The fraction of sp³-hybridized carbons (Fsp3) is 0.417. The molecule has 2 atom stereocenters. The lowest BCUT2D eigenvalue weighted by Gasteiger charge is -2.40. The molecule has 2 aliphatic heterocycles. The van der Waals surface area contributed by atoms with Crippen LogP contribution in [-0.4, -0.2) is 84.0 Å². The summed E-state index contributed by atoms with van der Waals surface area (Å²) in [6, 6.07) is 6.12. The maximum absolute atomic E-state index is 13.6. The Morgan fingerprint density at radius 3 is 2.82 bits per heavy atom. The zero-order valence-electron chi connectivity index (χ0n) is 21.1. The molecule has 4 heterocycles. The average Bonchev–Trinajstić information content (AvgIpc) is 3.52. The van der Waals surface area contributed by atoms with Gasteiger partial charge in [0.25, 0.3) is 15.9 Å². The van der Waals surface area contributed by atoms with Gasteiger partial charge in [0.2, 0.25) is 5.91 Å². The van der Waals surface area contributed by atoms with Crippen LogP contribution in [0.1, 0.15) is 39.3 Å². The van der Waals surface area contributed by atoms with Crippen LogP contribution in [-0.2, 0) is 27.8 Å². The molecule has 202 valence electrons. The molecule has 1 fully saturated rings. The van der Waals surface area contributed by atoms with Crippen molar-refractivity contribution in [2.45, 2.75) is 43.4 Å². The molecule has 5 rings (SSSR count). The average molecular weight is 559 g/mol. The molecule has 1 saturated heterocycles. The van der Waals surface area contributed by atoms with Crippen LogP contribution in [0.2, 0.25) is 0 Å². The first-order valence-electron chi connectivity index (χ1n) is 12.3. The summed E-state index contributed by atoms with van der Waals surface area (Å²) in [5, 5.41) is 14.5. The lowest BCUT2D eigenvalue weighted by Crippen LogP contribution is -2.57. The standard InChI is InChI=1S/C24H30N8O4S2/c1-13-7-18-19(11-28-13)37-23(30-18)24(34)32-6-5-31(12-16(32)10-20(33)27-2)38(35,36)21-9-15-8-14(22(25)26)3-4-17(15)29-21/h3-4,8-9,13,16,28-29H,5-7,10-12H2,1-2H3,(H3,25,26)(H,27,33). The van der Waals surface area contributed by atoms with E-state index in [2.05, 4.69) is 27.5 Å². The van der Waals surface area contributed by atoms with Crippen molar-refractivity contribution < 1.29 is 18.0 Å². The first-order chi connectivity index (χ1) is 18.1. The van der Waals surface area contributed by atoms with Crippen molar-refractivity contribution in [2.75, 3.05) is 26.7 Å². The number of rotatable bonds is 6. The number of piperazine rings is 1. The van der Waals surface area contributed by atoms with Gasteiger partial charge >= 0.3 is 0 Å². The van der Waals surface area contributed by atoms with Crippen LogP contribution in [0.25, 0.3) is 10.9 Å². The van der Waals surface area contributed by atoms with E-state index in [9.17, 15) is 18.0 Å². The van der Waals surface area contributed by atoms with Crippen LogP contribution in [0.3, 0.4) is 0 Å². The smallest absolute Gasteiger partial charge is 0.283 e. The summed E-state index contributed by atoms with van der Waals surface area (Å²) in [5.41, 5.74) is 7.58. The Kier molecular flexibility index (Phi) is 6.98. The fourth-order valence-corrected chi connectivity index (χ4v) is 7.36. The summed E-state index contributed by atoms with van der Waals surface area (Å²) < 4.78 is 28.5. The summed E-state index contributed by atoms with van der Waals surface area (Å²) >= 11 is 1.35. The first kappa shape index (κ1) is 26.3. The number of benzene rings is 1. The van der Waals surface area contributed by atoms with Crippen LogP contribution in [0, 0.1) is 5.41 Å². The number of aromatic amines is 1. The topological polar surface area (TPSA) is 177 Å². The molecule has 0 aliphatic carbocycles. The van der Waals surface area contributed by atoms with Gasteiger partial charge in [-0.2, -0.15) is 4.31 Å². The predicted octanol–water partition coefficient (Wildman–Crippen LogP) is 0.594. The minimum Gasteiger partial charge on any atom is -0.384 e. The van der Waals surface area contributed by atoms with Gasteiger partial charge in [0, 0.05) is 73.5 Å². The minimum atomic E-state index is -3.95. The van der Waals surface area contributed by atoms with Crippen LogP contribution in [0.4, 0.5) is 0 Å². The number of hydrogen-bond acceptors (Lipinski definition) is 8. The highest BCUT2D eigenvalue weighted by molar-refractivity contribution is 7.89. The van der Waals surface area contributed by atoms with Crippen molar-refractivity contribution in [1.29, 1.82) is 5.41 Å². The molecule has 2 aliphatic rings. The van der Waals surface area contributed by atoms with E-state index in [0.29, 0.717) is 28.0 Å². The number of thiazole rings is 1. The number of nitrogens with one attached hydrogen (secondary N) is 4. The summed E-state index contributed by atoms with van der Waals surface area (Å²) in [5.74, 6) is -0.682. The Morgan fingerprint density at radius 1 is 1.29 bits per heavy atom. The Hall–Kier alpha value is -3.33. The number of amidine groups is 1. The highest BCUT2D eigenvalue weighted by Gasteiger charge is 2.39. The summed E-state index contributed by atoms with van der Waals surface area (Å²) in [4.78, 5) is 36.0. The monoisotopic (exact) mass is 558 g/mol. The Labute approximate surface area is 224 Å². The molecule has 1 aromatic carbocycles. The van der Waals surface area contributed by atoms with E-state index in [0.717, 1.165) is 17.0 Å². The molecule has 2 aromatic heterocycles. The van der Waals surface area contributed by atoms with Gasteiger partial charge in [0.1, 0.15) is 10.9 Å². The van der Waals surface area contributed by atoms with Crippen molar-refractivity contribution >= 4 is 49.9 Å². The number of nitrogens with two attached hydrogens (primary N) is 1. The number of carbonyl (C=O) groups excluding carboxylic acids is 2. The van der Waals surface area contributed by atoms with Gasteiger partial charge in [-0.3, -0.25) is 15.0 Å². The van der Waals surface area contributed by atoms with Crippen LogP contribution in [0.5, 0.6) is 0 Å². The highest BCUT2D eigenvalue weighted by Crippen LogP contribution is 2.28. The lowest BCUT2D eigenvalue weighted by atomic mass is 10.1. The van der Waals surface area contributed by atoms with E-state index in [4.69, 9.17) is 11.1 Å². The van der Waals surface area contributed by atoms with E-state index in [1.54, 1.807) is 23.1 Å². The van der Waals surface area contributed by atoms with Gasteiger partial charge in [-0.25, -0.2) is 13.4 Å². The van der Waals surface area contributed by atoms with Gasteiger partial charge in [0.15, 0.2) is 5.01 Å². The molecule has 0 radical (unpaired) electrons. The zero-order chi connectivity index (χ0) is 27.2. The molecule has 3 aromatic rings. The van der Waals surface area contributed by atoms with Crippen molar-refractivity contribution in [3.05, 3.63) is 45.4 Å². The SMILES string of the molecule is CNC(=O)CC1CN(S(=O)(=O)c2cc3cc(C(=N)N)ccc3[nH]2)CCN1C(=O)c1nc2c(s1)CNC(C)C2. The summed E-state index contributed by atoms with van der Waals surface area (Å²) in [6.07, 6.45) is 0.706. The molecule has 12 nitrogen and oxygen atoms in total. The third-order valence-electron chi connectivity index (χ3n) is 7.00. The Bertz CT molecular complexity index is 1530. The van der Waals surface area contributed by atoms with Crippen molar-refractivity contribution in [3.63, 3.8) is 0 Å². The molecule has 2 unspecified atom stereocenters. The van der Waals surface area contributed by atoms with E-state index in [-0.39, 0.29) is 54.8 Å². The van der Waals surface area contributed by atoms with Gasteiger partial charge < -0.3 is 26.3 Å². The van der Waals surface area contributed by atoms with Gasteiger partial charge in [-0.15, -0.1) is 11.3 Å². The predicted molar refractivity (Wildman–Crippen MR) is 144 cm³/mol. The second-order valence-electron chi connectivity index (χ2n) is 9.62. The van der Waals surface area contributed by atoms with Gasteiger partial charge in [0.05, 0.1) is 11.7 Å². The molecule has 14 heteroatoms. The molecule has 6 N–H and O–H groups in total. The molecule has 0 bridgehead atoms. The number of amides is 2. The Morgan fingerprint density at radius 2 is 2.08 bits per heavy atom. The number of carbonyl (C=O) groups is 2. The molecular weight excluding hydrogens is 528 g/mol. The van der Waals surface area contributed by atoms with E-state index in [1.165, 1.54) is 28.8 Å². The Balaban J connectivity index is 1.40. The number of nitrogens with zero attached hydrogens (tertiary/aromatic N) is 3. The first-order valence-corrected chi connectivity index (χ1v) is 14.5. The van der Waals surface area contributed by atoms with Gasteiger partial charge in [-0.1, -0.05) is 0 Å². The van der Waals surface area contributed by atoms with E-state index < -0.39 is 16.1 Å². The zero-order valence-corrected chi connectivity index (χ0v) is 22.7. The second kappa shape index (κ2) is 10.1. The third kappa shape index (κ3) is 4.91. The van der Waals surface area contributed by atoms with E-state index in [1.807, 2.05) is 0 Å². The van der Waals surface area contributed by atoms with Crippen molar-refractivity contribution in [3.8, 4) is 0 Å². The molecular formula is C24H30N8O4S2. The van der Waals surface area contributed by atoms with E-state index >= 15 is 0 Å². The summed E-state index contributed by atoms with van der Waals surface area (Å²) in [7, 11) is -2.44. The normalized spacial score (nSPS) is 20.3. The quantitative estimate of drug-likeness (QED) is 0.217. The lowest BCUT2D eigenvalue weighted by molar-refractivity contribution is -0.121. The largest absolute Gasteiger partial charge is 0.384 e.